The average molecular weight is 645 g/mol. The lowest BCUT2D eigenvalue weighted by Gasteiger charge is -2.28. The van der Waals surface area contributed by atoms with E-state index in [-0.39, 0.29) is 50.8 Å². The van der Waals surface area contributed by atoms with Crippen LogP contribution in [0, 0.1) is 5.41 Å². The standard InChI is InChI=1S/C35H64O10/c1-3-5-7-9-11-13-19-25-42-31(38)21-15-17-23-33(40)44-29-35(27-36,28-37)30-45-34(41)24-18-16-22-32(39)43-26-20-14-12-10-8-6-4-2/h36-37H,3-30H2,1-2H3. The second-order valence-corrected chi connectivity index (χ2v) is 12.2. The smallest absolute Gasteiger partial charge is 0.305 e. The van der Waals surface area contributed by atoms with Gasteiger partial charge in [0.15, 0.2) is 0 Å². The minimum absolute atomic E-state index is 0.0826. The molecule has 0 unspecified atom stereocenters. The number of rotatable bonds is 32. The van der Waals surface area contributed by atoms with Crippen LogP contribution in [0.2, 0.25) is 0 Å². The fourth-order valence-electron chi connectivity index (χ4n) is 4.60. The first-order valence-electron chi connectivity index (χ1n) is 17.7. The number of carbonyl (C=O) groups excluding carboxylic acids is 4. The zero-order valence-electron chi connectivity index (χ0n) is 28.5. The molecule has 0 fully saturated rings. The molecule has 0 aromatic rings. The highest BCUT2D eigenvalue weighted by Gasteiger charge is 2.33. The van der Waals surface area contributed by atoms with Gasteiger partial charge in [0, 0.05) is 25.7 Å². The van der Waals surface area contributed by atoms with Gasteiger partial charge in [0.1, 0.15) is 13.2 Å². The second-order valence-electron chi connectivity index (χ2n) is 12.2. The number of carbonyl (C=O) groups is 4. The van der Waals surface area contributed by atoms with E-state index < -0.39 is 30.6 Å². The molecule has 0 saturated heterocycles. The van der Waals surface area contributed by atoms with Crippen molar-refractivity contribution in [2.75, 3.05) is 39.6 Å². The predicted molar refractivity (Wildman–Crippen MR) is 173 cm³/mol. The summed E-state index contributed by atoms with van der Waals surface area (Å²) in [6, 6.07) is 0. The van der Waals surface area contributed by atoms with Crippen LogP contribution in [0.4, 0.5) is 0 Å². The van der Waals surface area contributed by atoms with Gasteiger partial charge in [-0.1, -0.05) is 90.9 Å². The lowest BCUT2D eigenvalue weighted by Crippen LogP contribution is -2.41. The Balaban J connectivity index is 3.97. The summed E-state index contributed by atoms with van der Waals surface area (Å²) >= 11 is 0. The molecule has 0 saturated carbocycles. The Kier molecular flexibility index (Phi) is 29.0. The monoisotopic (exact) mass is 644 g/mol. The number of aliphatic hydroxyl groups excluding tert-OH is 2. The van der Waals surface area contributed by atoms with Crippen molar-refractivity contribution in [1.82, 2.24) is 0 Å². The summed E-state index contributed by atoms with van der Waals surface area (Å²) in [4.78, 5) is 48.1. The molecule has 0 aromatic heterocycles. The Morgan fingerprint density at radius 2 is 0.711 bits per heavy atom. The average Bonchev–Trinajstić information content (AvgIpc) is 3.04. The van der Waals surface area contributed by atoms with Crippen molar-refractivity contribution in [1.29, 1.82) is 0 Å². The van der Waals surface area contributed by atoms with Crippen molar-refractivity contribution in [3.05, 3.63) is 0 Å². The van der Waals surface area contributed by atoms with E-state index in [1.165, 1.54) is 51.4 Å². The van der Waals surface area contributed by atoms with E-state index in [4.69, 9.17) is 18.9 Å². The van der Waals surface area contributed by atoms with E-state index in [0.717, 1.165) is 38.5 Å². The van der Waals surface area contributed by atoms with Crippen LogP contribution in [0.5, 0.6) is 0 Å². The molecule has 10 nitrogen and oxygen atoms in total. The quantitative estimate of drug-likeness (QED) is 0.0458. The van der Waals surface area contributed by atoms with Crippen LogP contribution in [0.3, 0.4) is 0 Å². The SMILES string of the molecule is CCCCCCCCCOC(=O)CCCCC(=O)OCC(CO)(CO)COC(=O)CCCCC(=O)OCCCCCCCCC. The highest BCUT2D eigenvalue weighted by atomic mass is 16.6. The van der Waals surface area contributed by atoms with Gasteiger partial charge in [-0.15, -0.1) is 0 Å². The predicted octanol–water partition coefficient (Wildman–Crippen LogP) is 6.75. The molecule has 0 aromatic carbocycles. The van der Waals surface area contributed by atoms with Gasteiger partial charge in [-0.2, -0.15) is 0 Å². The fraction of sp³-hybridized carbons (Fsp3) is 0.886. The van der Waals surface area contributed by atoms with Crippen LogP contribution in [0.25, 0.3) is 0 Å². The van der Waals surface area contributed by atoms with E-state index in [9.17, 15) is 29.4 Å². The van der Waals surface area contributed by atoms with Crippen LogP contribution in [0.1, 0.15) is 155 Å². The molecule has 0 aliphatic carbocycles. The Hall–Kier alpha value is -2.20. The van der Waals surface area contributed by atoms with Gasteiger partial charge in [0.2, 0.25) is 0 Å². The van der Waals surface area contributed by atoms with Crippen molar-refractivity contribution in [2.24, 2.45) is 5.41 Å². The van der Waals surface area contributed by atoms with Gasteiger partial charge < -0.3 is 29.2 Å². The summed E-state index contributed by atoms with van der Waals surface area (Å²) in [5.41, 5.74) is -1.31. The van der Waals surface area contributed by atoms with Crippen molar-refractivity contribution < 1.29 is 48.3 Å². The molecule has 0 amide bonds. The lowest BCUT2D eigenvalue weighted by molar-refractivity contribution is -0.159. The molecule has 0 spiro atoms. The summed E-state index contributed by atoms with van der Waals surface area (Å²) in [6.07, 6.45) is 18.6. The van der Waals surface area contributed by atoms with E-state index in [1.54, 1.807) is 0 Å². The van der Waals surface area contributed by atoms with Crippen LogP contribution in [0.15, 0.2) is 0 Å². The van der Waals surface area contributed by atoms with Crippen molar-refractivity contribution in [3.8, 4) is 0 Å². The van der Waals surface area contributed by atoms with Crippen LogP contribution < -0.4 is 0 Å². The number of ether oxygens (including phenoxy) is 4. The number of hydrogen-bond donors (Lipinski definition) is 2. The zero-order chi connectivity index (χ0) is 33.4. The molecular formula is C35H64O10. The zero-order valence-corrected chi connectivity index (χ0v) is 28.5. The van der Waals surface area contributed by atoms with Gasteiger partial charge in [0.25, 0.3) is 0 Å². The topological polar surface area (TPSA) is 146 Å². The van der Waals surface area contributed by atoms with Crippen molar-refractivity contribution in [3.63, 3.8) is 0 Å². The Bertz CT molecular complexity index is 693. The third-order valence-electron chi connectivity index (χ3n) is 7.79. The van der Waals surface area contributed by atoms with Gasteiger partial charge in [-0.3, -0.25) is 19.2 Å². The van der Waals surface area contributed by atoms with Gasteiger partial charge in [-0.05, 0) is 38.5 Å². The number of esters is 4. The maximum absolute atomic E-state index is 12.2. The Labute approximate surface area is 272 Å². The maximum Gasteiger partial charge on any atom is 0.305 e. The number of aliphatic hydroxyl groups is 2. The summed E-state index contributed by atoms with van der Waals surface area (Å²) in [7, 11) is 0. The summed E-state index contributed by atoms with van der Waals surface area (Å²) < 4.78 is 21.0. The van der Waals surface area contributed by atoms with E-state index in [1.807, 2.05) is 0 Å². The van der Waals surface area contributed by atoms with E-state index in [0.29, 0.717) is 38.9 Å². The van der Waals surface area contributed by atoms with Gasteiger partial charge in [-0.25, -0.2) is 0 Å². The van der Waals surface area contributed by atoms with Gasteiger partial charge in [0.05, 0.1) is 31.8 Å². The number of unbranched alkanes of at least 4 members (excludes halogenated alkanes) is 14. The minimum atomic E-state index is -1.31. The highest BCUT2D eigenvalue weighted by Crippen LogP contribution is 2.19. The van der Waals surface area contributed by atoms with Crippen LogP contribution >= 0.6 is 0 Å². The molecule has 10 heteroatoms. The minimum Gasteiger partial charge on any atom is -0.466 e. The molecule has 0 bridgehead atoms. The molecule has 0 radical (unpaired) electrons. The first kappa shape index (κ1) is 42.8. The fourth-order valence-corrected chi connectivity index (χ4v) is 4.60. The largest absolute Gasteiger partial charge is 0.466 e. The lowest BCUT2D eigenvalue weighted by atomic mass is 9.92. The van der Waals surface area contributed by atoms with Crippen LogP contribution in [-0.4, -0.2) is 73.7 Å². The third-order valence-corrected chi connectivity index (χ3v) is 7.79. The van der Waals surface area contributed by atoms with Crippen molar-refractivity contribution >= 4 is 23.9 Å². The Morgan fingerprint density at radius 1 is 0.422 bits per heavy atom. The summed E-state index contributed by atoms with van der Waals surface area (Å²) in [6.45, 7) is 3.53. The highest BCUT2D eigenvalue weighted by molar-refractivity contribution is 5.71. The van der Waals surface area contributed by atoms with Gasteiger partial charge >= 0.3 is 23.9 Å². The van der Waals surface area contributed by atoms with E-state index >= 15 is 0 Å². The molecule has 0 aliphatic rings. The van der Waals surface area contributed by atoms with Crippen LogP contribution in [-0.2, 0) is 38.1 Å². The maximum atomic E-state index is 12.2. The molecule has 0 heterocycles. The third kappa shape index (κ3) is 26.7. The first-order chi connectivity index (χ1) is 21.8. The van der Waals surface area contributed by atoms with Crippen molar-refractivity contribution in [2.45, 2.75) is 155 Å². The second kappa shape index (κ2) is 30.5. The molecule has 0 rings (SSSR count). The molecule has 45 heavy (non-hydrogen) atoms. The molecule has 0 aliphatic heterocycles. The molecule has 0 atom stereocenters. The molecular weight excluding hydrogens is 580 g/mol. The molecule has 2 N–H and O–H groups in total. The van der Waals surface area contributed by atoms with E-state index in [2.05, 4.69) is 13.8 Å². The Morgan fingerprint density at radius 3 is 1.02 bits per heavy atom. The summed E-state index contributed by atoms with van der Waals surface area (Å²) in [5, 5.41) is 19.6. The number of hydrogen-bond acceptors (Lipinski definition) is 10. The first-order valence-corrected chi connectivity index (χ1v) is 17.7. The normalized spacial score (nSPS) is 11.3. The molecule has 264 valence electrons. The summed E-state index contributed by atoms with van der Waals surface area (Å²) in [5.74, 6) is -1.59.